The smallest absolute Gasteiger partial charge is 0.269 e. The van der Waals surface area contributed by atoms with E-state index in [1.807, 2.05) is 24.3 Å². The Morgan fingerprint density at radius 3 is 2.12 bits per heavy atom. The molecule has 132 valence electrons. The predicted octanol–water partition coefficient (Wildman–Crippen LogP) is 4.30. The van der Waals surface area contributed by atoms with E-state index in [2.05, 4.69) is 26.1 Å². The van der Waals surface area contributed by atoms with Crippen molar-refractivity contribution in [2.24, 2.45) is 0 Å². The summed E-state index contributed by atoms with van der Waals surface area (Å²) in [6, 6.07) is 13.3. The predicted molar refractivity (Wildman–Crippen MR) is 97.0 cm³/mol. The van der Waals surface area contributed by atoms with Gasteiger partial charge in [0.25, 0.3) is 11.6 Å². The van der Waals surface area contributed by atoms with Crippen molar-refractivity contribution in [1.29, 1.82) is 0 Å². The molecule has 1 unspecified atom stereocenters. The number of amides is 1. The van der Waals surface area contributed by atoms with Gasteiger partial charge in [-0.05, 0) is 42.2 Å². The van der Waals surface area contributed by atoms with Crippen LogP contribution in [0.3, 0.4) is 0 Å². The molecule has 0 bridgehead atoms. The van der Waals surface area contributed by atoms with Crippen LogP contribution >= 0.6 is 0 Å². The molecular formula is C19H22N2O4. The van der Waals surface area contributed by atoms with Crippen molar-refractivity contribution >= 4 is 17.3 Å². The Hall–Kier alpha value is -2.89. The fraction of sp³-hybridized carbons (Fsp3) is 0.316. The molecule has 6 nitrogen and oxygen atoms in total. The second-order valence-electron chi connectivity index (χ2n) is 6.83. The minimum atomic E-state index is -0.698. The number of nitrogens with one attached hydrogen (secondary N) is 1. The maximum absolute atomic E-state index is 12.2. The van der Waals surface area contributed by atoms with E-state index in [1.54, 1.807) is 6.92 Å². The molecule has 2 aromatic carbocycles. The number of anilines is 1. The maximum Gasteiger partial charge on any atom is 0.269 e. The molecule has 0 radical (unpaired) electrons. The highest BCUT2D eigenvalue weighted by Crippen LogP contribution is 2.24. The van der Waals surface area contributed by atoms with Crippen LogP contribution in [0, 0.1) is 10.1 Å². The molecule has 0 aliphatic carbocycles. The standard InChI is InChI=1S/C19H22N2O4/c1-13(25-17-11-5-14(6-12-17)19(2,3)4)18(22)20-15-7-9-16(10-8-15)21(23)24/h5-13H,1-4H3,(H,20,22). The highest BCUT2D eigenvalue weighted by molar-refractivity contribution is 5.94. The van der Waals surface area contributed by atoms with Crippen molar-refractivity contribution in [3.8, 4) is 5.75 Å². The third kappa shape index (κ3) is 5.04. The molecule has 0 fully saturated rings. The molecule has 1 N–H and O–H groups in total. The number of rotatable bonds is 5. The van der Waals surface area contributed by atoms with E-state index in [4.69, 9.17) is 4.74 Å². The van der Waals surface area contributed by atoms with Crippen LogP contribution < -0.4 is 10.1 Å². The Bertz CT molecular complexity index is 746. The summed E-state index contributed by atoms with van der Waals surface area (Å²) < 4.78 is 5.66. The lowest BCUT2D eigenvalue weighted by atomic mass is 9.87. The number of nitrogens with zero attached hydrogens (tertiary/aromatic N) is 1. The van der Waals surface area contributed by atoms with Crippen LogP contribution in [0.5, 0.6) is 5.75 Å². The van der Waals surface area contributed by atoms with Crippen LogP contribution in [0.25, 0.3) is 0 Å². The maximum atomic E-state index is 12.2. The summed E-state index contributed by atoms with van der Waals surface area (Å²) in [5.41, 5.74) is 1.69. The number of nitro benzene ring substituents is 1. The average Bonchev–Trinajstić information content (AvgIpc) is 2.55. The highest BCUT2D eigenvalue weighted by Gasteiger charge is 2.17. The second kappa shape index (κ2) is 7.34. The number of nitro groups is 1. The second-order valence-corrected chi connectivity index (χ2v) is 6.83. The third-order valence-electron chi connectivity index (χ3n) is 3.75. The Morgan fingerprint density at radius 2 is 1.64 bits per heavy atom. The number of hydrogen-bond donors (Lipinski definition) is 1. The van der Waals surface area contributed by atoms with Crippen molar-refractivity contribution in [2.45, 2.75) is 39.2 Å². The Balaban J connectivity index is 1.96. The number of non-ortho nitro benzene ring substituents is 1. The van der Waals surface area contributed by atoms with Crippen LogP contribution in [0.15, 0.2) is 48.5 Å². The molecular weight excluding hydrogens is 320 g/mol. The van der Waals surface area contributed by atoms with Gasteiger partial charge in [0.05, 0.1) is 4.92 Å². The number of carbonyl (C=O) groups is 1. The molecule has 0 heterocycles. The molecule has 2 rings (SSSR count). The lowest BCUT2D eigenvalue weighted by molar-refractivity contribution is -0.384. The molecule has 2 aromatic rings. The zero-order chi connectivity index (χ0) is 18.6. The molecule has 0 aliphatic heterocycles. The summed E-state index contributed by atoms with van der Waals surface area (Å²) in [5.74, 6) is 0.285. The summed E-state index contributed by atoms with van der Waals surface area (Å²) in [5, 5.41) is 13.3. The zero-order valence-electron chi connectivity index (χ0n) is 14.8. The van der Waals surface area contributed by atoms with Gasteiger partial charge in [-0.15, -0.1) is 0 Å². The Kier molecular flexibility index (Phi) is 5.41. The topological polar surface area (TPSA) is 81.5 Å². The van der Waals surface area contributed by atoms with Crippen LogP contribution in [0.4, 0.5) is 11.4 Å². The minimum absolute atomic E-state index is 0.0266. The molecule has 25 heavy (non-hydrogen) atoms. The highest BCUT2D eigenvalue weighted by atomic mass is 16.6. The normalized spacial score (nSPS) is 12.3. The van der Waals surface area contributed by atoms with Crippen LogP contribution in [-0.4, -0.2) is 16.9 Å². The SMILES string of the molecule is CC(Oc1ccc(C(C)(C)C)cc1)C(=O)Nc1ccc([N+](=O)[O-])cc1. The van der Waals surface area contributed by atoms with Crippen molar-refractivity contribution in [1.82, 2.24) is 0 Å². The van der Waals surface area contributed by atoms with E-state index in [-0.39, 0.29) is 17.0 Å². The van der Waals surface area contributed by atoms with Gasteiger partial charge in [-0.3, -0.25) is 14.9 Å². The van der Waals surface area contributed by atoms with Crippen LogP contribution in [-0.2, 0) is 10.2 Å². The largest absolute Gasteiger partial charge is 0.481 e. The fourth-order valence-electron chi connectivity index (χ4n) is 2.20. The van der Waals surface area contributed by atoms with Crippen molar-refractivity contribution in [3.63, 3.8) is 0 Å². The monoisotopic (exact) mass is 342 g/mol. The number of carbonyl (C=O) groups excluding carboxylic acids is 1. The quantitative estimate of drug-likeness (QED) is 0.649. The van der Waals surface area contributed by atoms with Crippen LogP contribution in [0.1, 0.15) is 33.3 Å². The molecule has 1 atom stereocenters. The first-order valence-electron chi connectivity index (χ1n) is 7.99. The zero-order valence-corrected chi connectivity index (χ0v) is 14.8. The van der Waals surface area contributed by atoms with Crippen molar-refractivity contribution in [3.05, 3.63) is 64.2 Å². The minimum Gasteiger partial charge on any atom is -0.481 e. The van der Waals surface area contributed by atoms with Gasteiger partial charge in [-0.1, -0.05) is 32.9 Å². The first kappa shape index (κ1) is 18.4. The van der Waals surface area contributed by atoms with Gasteiger partial charge in [-0.25, -0.2) is 0 Å². The molecule has 0 saturated carbocycles. The lowest BCUT2D eigenvalue weighted by Gasteiger charge is -2.20. The number of hydrogen-bond acceptors (Lipinski definition) is 4. The molecule has 1 amide bonds. The van der Waals surface area contributed by atoms with E-state index < -0.39 is 11.0 Å². The number of benzene rings is 2. The van der Waals surface area contributed by atoms with Gasteiger partial charge in [-0.2, -0.15) is 0 Å². The van der Waals surface area contributed by atoms with Gasteiger partial charge in [0, 0.05) is 17.8 Å². The molecule has 6 heteroatoms. The van der Waals surface area contributed by atoms with Gasteiger partial charge >= 0.3 is 0 Å². The van der Waals surface area contributed by atoms with Gasteiger partial charge in [0.15, 0.2) is 6.10 Å². The van der Waals surface area contributed by atoms with Gasteiger partial charge in [0.1, 0.15) is 5.75 Å². The van der Waals surface area contributed by atoms with E-state index in [0.29, 0.717) is 11.4 Å². The average molecular weight is 342 g/mol. The first-order valence-corrected chi connectivity index (χ1v) is 7.99. The van der Waals surface area contributed by atoms with E-state index in [1.165, 1.54) is 29.8 Å². The van der Waals surface area contributed by atoms with E-state index in [9.17, 15) is 14.9 Å². The lowest BCUT2D eigenvalue weighted by Crippen LogP contribution is -2.30. The molecule has 0 aliphatic rings. The summed E-state index contributed by atoms with van der Waals surface area (Å²) in [4.78, 5) is 22.3. The Labute approximate surface area is 147 Å². The van der Waals surface area contributed by atoms with Crippen molar-refractivity contribution in [2.75, 3.05) is 5.32 Å². The summed E-state index contributed by atoms with van der Waals surface area (Å²) >= 11 is 0. The third-order valence-corrected chi connectivity index (χ3v) is 3.75. The Morgan fingerprint density at radius 1 is 1.08 bits per heavy atom. The summed E-state index contributed by atoms with van der Waals surface area (Å²) in [7, 11) is 0. The van der Waals surface area contributed by atoms with E-state index >= 15 is 0 Å². The van der Waals surface area contributed by atoms with Gasteiger partial charge in [0.2, 0.25) is 0 Å². The summed E-state index contributed by atoms with van der Waals surface area (Å²) in [6.07, 6.45) is -0.698. The van der Waals surface area contributed by atoms with E-state index in [0.717, 1.165) is 0 Å². The molecule has 0 spiro atoms. The molecule has 0 aromatic heterocycles. The molecule has 0 saturated heterocycles. The van der Waals surface area contributed by atoms with Crippen LogP contribution in [0.2, 0.25) is 0 Å². The first-order chi connectivity index (χ1) is 11.7. The number of ether oxygens (including phenoxy) is 1. The van der Waals surface area contributed by atoms with Crippen molar-refractivity contribution < 1.29 is 14.5 Å². The summed E-state index contributed by atoms with van der Waals surface area (Å²) in [6.45, 7) is 8.04. The fourth-order valence-corrected chi connectivity index (χ4v) is 2.20. The van der Waals surface area contributed by atoms with Gasteiger partial charge < -0.3 is 10.1 Å².